The molecule has 0 saturated heterocycles. The molecule has 4 rings (SSSR count). The third-order valence-corrected chi connectivity index (χ3v) is 5.44. The van der Waals surface area contributed by atoms with E-state index in [4.69, 9.17) is 4.74 Å². The lowest BCUT2D eigenvalue weighted by molar-refractivity contribution is 0.102. The second-order valence-corrected chi connectivity index (χ2v) is 7.83. The van der Waals surface area contributed by atoms with Gasteiger partial charge in [-0.2, -0.15) is 9.61 Å². The Morgan fingerprint density at radius 3 is 2.70 bits per heavy atom. The zero-order valence-corrected chi connectivity index (χ0v) is 17.8. The zero-order valence-electron chi connectivity index (χ0n) is 17.0. The maximum Gasteiger partial charge on any atom is 0.255 e. The van der Waals surface area contributed by atoms with Gasteiger partial charge in [-0.25, -0.2) is 0 Å². The van der Waals surface area contributed by atoms with Gasteiger partial charge < -0.3 is 10.1 Å². The number of nitrogens with one attached hydrogen (secondary N) is 1. The number of benzene rings is 2. The first kappa shape index (κ1) is 20.0. The van der Waals surface area contributed by atoms with Crippen molar-refractivity contribution in [1.82, 2.24) is 19.8 Å². The summed E-state index contributed by atoms with van der Waals surface area (Å²) in [6.45, 7) is 4.78. The summed E-state index contributed by atoms with van der Waals surface area (Å²) in [5.41, 5.74) is 2.25. The Morgan fingerprint density at radius 1 is 1.10 bits per heavy atom. The van der Waals surface area contributed by atoms with Crippen LogP contribution in [0, 0.1) is 0 Å². The number of amides is 1. The molecule has 0 aliphatic heterocycles. The van der Waals surface area contributed by atoms with E-state index < -0.39 is 0 Å². The number of fused-ring (bicyclic) bond motifs is 1. The van der Waals surface area contributed by atoms with Gasteiger partial charge in [0.25, 0.3) is 5.91 Å². The van der Waals surface area contributed by atoms with Crippen LogP contribution in [0.4, 0.5) is 5.69 Å². The highest BCUT2D eigenvalue weighted by atomic mass is 32.1. The van der Waals surface area contributed by atoms with Crippen molar-refractivity contribution in [2.45, 2.75) is 33.1 Å². The third kappa shape index (κ3) is 4.33. The number of rotatable bonds is 8. The summed E-state index contributed by atoms with van der Waals surface area (Å²) in [5, 5.41) is 16.8. The minimum absolute atomic E-state index is 0.173. The Morgan fingerprint density at radius 2 is 1.93 bits per heavy atom. The fourth-order valence-corrected chi connectivity index (χ4v) is 3.86. The van der Waals surface area contributed by atoms with Gasteiger partial charge in [-0.3, -0.25) is 4.79 Å². The summed E-state index contributed by atoms with van der Waals surface area (Å²) < 4.78 is 7.42. The van der Waals surface area contributed by atoms with Crippen molar-refractivity contribution in [3.63, 3.8) is 0 Å². The number of anilines is 1. The number of hydrogen-bond acceptors (Lipinski definition) is 6. The standard InChI is InChI=1S/C22H23N5O2S/c1-3-6-19-24-25-22-27(19)26-21(30-22)15-9-11-17(12-10-15)23-20(28)16-7-5-8-18(14-16)29-13-4-2/h5,7-12,14H,3-4,6,13H2,1-2H3,(H,23,28). The van der Waals surface area contributed by atoms with Crippen LogP contribution in [0.2, 0.25) is 0 Å². The molecule has 0 atom stereocenters. The summed E-state index contributed by atoms with van der Waals surface area (Å²) in [4.78, 5) is 13.4. The molecule has 0 bridgehead atoms. The van der Waals surface area contributed by atoms with Crippen LogP contribution in [0.15, 0.2) is 48.5 Å². The fraction of sp³-hybridized carbons (Fsp3) is 0.273. The Hall–Kier alpha value is -3.26. The number of aromatic nitrogens is 4. The van der Waals surface area contributed by atoms with Crippen LogP contribution in [0.3, 0.4) is 0 Å². The lowest BCUT2D eigenvalue weighted by atomic mass is 10.1. The Balaban J connectivity index is 1.47. The van der Waals surface area contributed by atoms with E-state index in [2.05, 4.69) is 27.5 Å². The van der Waals surface area contributed by atoms with Gasteiger partial charge in [0.2, 0.25) is 4.96 Å². The van der Waals surface area contributed by atoms with Crippen molar-refractivity contribution in [1.29, 1.82) is 0 Å². The van der Waals surface area contributed by atoms with Crippen LogP contribution >= 0.6 is 11.3 Å². The molecule has 8 heteroatoms. The van der Waals surface area contributed by atoms with Crippen molar-refractivity contribution in [3.8, 4) is 16.3 Å². The van der Waals surface area contributed by atoms with Crippen molar-refractivity contribution >= 4 is 27.9 Å². The van der Waals surface area contributed by atoms with E-state index >= 15 is 0 Å². The van der Waals surface area contributed by atoms with E-state index in [0.29, 0.717) is 17.9 Å². The molecule has 0 saturated carbocycles. The SMILES string of the molecule is CCCOc1cccc(C(=O)Nc2ccc(-c3nn4c(CCC)nnc4s3)cc2)c1. The number of nitrogens with zero attached hydrogens (tertiary/aromatic N) is 4. The molecule has 154 valence electrons. The first-order valence-electron chi connectivity index (χ1n) is 10.0. The van der Waals surface area contributed by atoms with Crippen molar-refractivity contribution in [2.24, 2.45) is 0 Å². The average molecular weight is 422 g/mol. The van der Waals surface area contributed by atoms with Crippen LogP contribution in [0.25, 0.3) is 15.5 Å². The summed E-state index contributed by atoms with van der Waals surface area (Å²) in [5.74, 6) is 1.40. The van der Waals surface area contributed by atoms with Crippen molar-refractivity contribution in [2.75, 3.05) is 11.9 Å². The molecule has 1 N–H and O–H groups in total. The highest BCUT2D eigenvalue weighted by Gasteiger charge is 2.13. The fourth-order valence-electron chi connectivity index (χ4n) is 3.00. The monoisotopic (exact) mass is 421 g/mol. The largest absolute Gasteiger partial charge is 0.494 e. The molecule has 0 aliphatic carbocycles. The topological polar surface area (TPSA) is 81.4 Å². The van der Waals surface area contributed by atoms with Gasteiger partial charge in [0.05, 0.1) is 6.61 Å². The minimum Gasteiger partial charge on any atom is -0.494 e. The smallest absolute Gasteiger partial charge is 0.255 e. The Kier molecular flexibility index (Phi) is 6.04. The molecule has 2 heterocycles. The number of hydrogen-bond donors (Lipinski definition) is 1. The normalized spacial score (nSPS) is 11.0. The maximum atomic E-state index is 12.6. The Labute approximate surface area is 178 Å². The molecule has 0 unspecified atom stereocenters. The molecule has 1 amide bonds. The molecule has 4 aromatic rings. The van der Waals surface area contributed by atoms with E-state index in [1.807, 2.05) is 47.8 Å². The predicted octanol–water partition coefficient (Wildman–Crippen LogP) is 4.85. The number of ether oxygens (including phenoxy) is 1. The van der Waals surface area contributed by atoms with Gasteiger partial charge in [-0.15, -0.1) is 10.2 Å². The highest BCUT2D eigenvalue weighted by Crippen LogP contribution is 2.27. The third-order valence-electron chi connectivity index (χ3n) is 4.49. The average Bonchev–Trinajstić information content (AvgIpc) is 3.35. The molecule has 2 aromatic carbocycles. The van der Waals surface area contributed by atoms with E-state index in [0.717, 1.165) is 46.3 Å². The minimum atomic E-state index is -0.173. The number of carbonyl (C=O) groups is 1. The first-order valence-corrected chi connectivity index (χ1v) is 10.9. The predicted molar refractivity (Wildman–Crippen MR) is 118 cm³/mol. The lowest BCUT2D eigenvalue weighted by Gasteiger charge is -2.08. The van der Waals surface area contributed by atoms with Crippen LogP contribution in [-0.4, -0.2) is 32.3 Å². The molecule has 0 fully saturated rings. The quantitative estimate of drug-likeness (QED) is 0.440. The Bertz CT molecular complexity index is 1150. The molecular formula is C22H23N5O2S. The van der Waals surface area contributed by atoms with Gasteiger partial charge in [0.1, 0.15) is 10.8 Å². The molecule has 7 nitrogen and oxygen atoms in total. The van der Waals surface area contributed by atoms with Gasteiger partial charge in [-0.05, 0) is 55.3 Å². The lowest BCUT2D eigenvalue weighted by Crippen LogP contribution is -2.12. The first-order chi connectivity index (χ1) is 14.7. The highest BCUT2D eigenvalue weighted by molar-refractivity contribution is 7.19. The van der Waals surface area contributed by atoms with Crippen LogP contribution in [0.1, 0.15) is 42.9 Å². The summed E-state index contributed by atoms with van der Waals surface area (Å²) in [7, 11) is 0. The molecule has 0 radical (unpaired) electrons. The summed E-state index contributed by atoms with van der Waals surface area (Å²) in [6.07, 6.45) is 2.76. The van der Waals surface area contributed by atoms with E-state index in [-0.39, 0.29) is 5.91 Å². The molecule has 0 spiro atoms. The molecule has 0 aliphatic rings. The molecule has 2 aromatic heterocycles. The van der Waals surface area contributed by atoms with E-state index in [1.165, 1.54) is 11.3 Å². The number of carbonyl (C=O) groups excluding carboxylic acids is 1. The van der Waals surface area contributed by atoms with Crippen molar-refractivity contribution in [3.05, 3.63) is 59.9 Å². The van der Waals surface area contributed by atoms with E-state index in [1.54, 1.807) is 12.1 Å². The van der Waals surface area contributed by atoms with Crippen LogP contribution < -0.4 is 10.1 Å². The van der Waals surface area contributed by atoms with Gasteiger partial charge in [-0.1, -0.05) is 31.3 Å². The van der Waals surface area contributed by atoms with Crippen molar-refractivity contribution < 1.29 is 9.53 Å². The van der Waals surface area contributed by atoms with Gasteiger partial charge >= 0.3 is 0 Å². The molecular weight excluding hydrogens is 398 g/mol. The van der Waals surface area contributed by atoms with Gasteiger partial charge in [0, 0.05) is 23.2 Å². The number of aryl methyl sites for hydroxylation is 1. The summed E-state index contributed by atoms with van der Waals surface area (Å²) >= 11 is 1.50. The van der Waals surface area contributed by atoms with Crippen LogP contribution in [0.5, 0.6) is 5.75 Å². The second-order valence-electron chi connectivity index (χ2n) is 6.88. The summed E-state index contributed by atoms with van der Waals surface area (Å²) in [6, 6.07) is 14.8. The van der Waals surface area contributed by atoms with Gasteiger partial charge in [0.15, 0.2) is 5.82 Å². The zero-order chi connectivity index (χ0) is 20.9. The van der Waals surface area contributed by atoms with Crippen LogP contribution in [-0.2, 0) is 6.42 Å². The molecule has 30 heavy (non-hydrogen) atoms. The van der Waals surface area contributed by atoms with E-state index in [9.17, 15) is 4.79 Å². The second kappa shape index (κ2) is 9.04. The maximum absolute atomic E-state index is 12.6.